The second-order valence-corrected chi connectivity index (χ2v) is 4.55. The van der Waals surface area contributed by atoms with E-state index >= 15 is 0 Å². The van der Waals surface area contributed by atoms with E-state index in [0.717, 1.165) is 11.3 Å². The molecule has 0 atom stereocenters. The van der Waals surface area contributed by atoms with Gasteiger partial charge in [0.1, 0.15) is 11.6 Å². The van der Waals surface area contributed by atoms with E-state index in [0.29, 0.717) is 16.7 Å². The zero-order valence-corrected chi connectivity index (χ0v) is 11.3. The Balaban J connectivity index is 2.25. The summed E-state index contributed by atoms with van der Waals surface area (Å²) in [5.74, 6) is 1.43. The van der Waals surface area contributed by atoms with Gasteiger partial charge >= 0.3 is 0 Å². The summed E-state index contributed by atoms with van der Waals surface area (Å²) >= 11 is 0. The van der Waals surface area contributed by atoms with Crippen molar-refractivity contribution >= 4 is 10.9 Å². The van der Waals surface area contributed by atoms with E-state index in [-0.39, 0.29) is 5.56 Å². The summed E-state index contributed by atoms with van der Waals surface area (Å²) in [6.45, 7) is 0. The molecule has 4 nitrogen and oxygen atoms in total. The van der Waals surface area contributed by atoms with Crippen LogP contribution in [0.15, 0.2) is 53.3 Å². The van der Waals surface area contributed by atoms with Gasteiger partial charge in [0.2, 0.25) is 0 Å². The maximum atomic E-state index is 12.3. The molecule has 0 aliphatic rings. The Bertz CT molecular complexity index is 820. The first kappa shape index (κ1) is 12.4. The van der Waals surface area contributed by atoms with Crippen molar-refractivity contribution in [1.29, 1.82) is 0 Å². The first-order chi connectivity index (χ1) is 9.70. The van der Waals surface area contributed by atoms with Crippen molar-refractivity contribution in [2.24, 2.45) is 7.05 Å². The summed E-state index contributed by atoms with van der Waals surface area (Å²) < 4.78 is 6.71. The minimum absolute atomic E-state index is 0.0404. The molecule has 0 fully saturated rings. The first-order valence-electron chi connectivity index (χ1n) is 6.31. The molecule has 0 spiro atoms. The van der Waals surface area contributed by atoms with Crippen molar-refractivity contribution in [2.45, 2.75) is 0 Å². The van der Waals surface area contributed by atoms with Crippen LogP contribution in [0.4, 0.5) is 0 Å². The summed E-state index contributed by atoms with van der Waals surface area (Å²) in [4.78, 5) is 16.9. The molecule has 1 aromatic heterocycles. The number of hydrogen-bond acceptors (Lipinski definition) is 3. The third-order valence-electron chi connectivity index (χ3n) is 3.33. The Labute approximate surface area is 116 Å². The largest absolute Gasteiger partial charge is 0.497 e. The monoisotopic (exact) mass is 266 g/mol. The molecule has 0 unspecified atom stereocenters. The third-order valence-corrected chi connectivity index (χ3v) is 3.33. The lowest BCUT2D eigenvalue weighted by Crippen LogP contribution is -2.20. The number of fused-ring (bicyclic) bond motifs is 1. The predicted molar refractivity (Wildman–Crippen MR) is 79.0 cm³/mol. The molecule has 0 aliphatic heterocycles. The van der Waals surface area contributed by atoms with Crippen LogP contribution < -0.4 is 10.3 Å². The van der Waals surface area contributed by atoms with Gasteiger partial charge in [-0.25, -0.2) is 4.98 Å². The molecule has 0 radical (unpaired) electrons. The van der Waals surface area contributed by atoms with Gasteiger partial charge in [0.15, 0.2) is 0 Å². The summed E-state index contributed by atoms with van der Waals surface area (Å²) in [5, 5.41) is 0.632. The van der Waals surface area contributed by atoms with Crippen LogP contribution in [-0.2, 0) is 7.05 Å². The average molecular weight is 266 g/mol. The first-order valence-corrected chi connectivity index (χ1v) is 6.31. The highest BCUT2D eigenvalue weighted by Gasteiger charge is 2.09. The fourth-order valence-corrected chi connectivity index (χ4v) is 2.22. The van der Waals surface area contributed by atoms with Gasteiger partial charge in [-0.15, -0.1) is 0 Å². The summed E-state index contributed by atoms with van der Waals surface area (Å²) in [5.41, 5.74) is 1.55. The van der Waals surface area contributed by atoms with Crippen molar-refractivity contribution in [3.8, 4) is 17.1 Å². The number of rotatable bonds is 2. The Morgan fingerprint density at radius 3 is 2.45 bits per heavy atom. The third kappa shape index (κ3) is 1.95. The molecule has 1 heterocycles. The minimum Gasteiger partial charge on any atom is -0.497 e. The highest BCUT2D eigenvalue weighted by atomic mass is 16.5. The number of methoxy groups -OCH3 is 1. The fourth-order valence-electron chi connectivity index (χ4n) is 2.22. The molecule has 0 amide bonds. The van der Waals surface area contributed by atoms with Gasteiger partial charge in [-0.05, 0) is 36.4 Å². The highest BCUT2D eigenvalue weighted by Crippen LogP contribution is 2.21. The van der Waals surface area contributed by atoms with Crippen LogP contribution in [0, 0.1) is 0 Å². The molecular weight excluding hydrogens is 252 g/mol. The van der Waals surface area contributed by atoms with Gasteiger partial charge in [0.05, 0.1) is 18.0 Å². The molecule has 2 aromatic carbocycles. The van der Waals surface area contributed by atoms with E-state index in [1.165, 1.54) is 0 Å². The van der Waals surface area contributed by atoms with E-state index in [4.69, 9.17) is 4.74 Å². The SMILES string of the molecule is COc1ccc(-c2nc3ccccc3c(=O)n2C)cc1. The average Bonchev–Trinajstić information content (AvgIpc) is 2.51. The highest BCUT2D eigenvalue weighted by molar-refractivity contribution is 5.79. The molecule has 3 rings (SSSR count). The van der Waals surface area contributed by atoms with Crippen LogP contribution in [0.1, 0.15) is 0 Å². The molecule has 0 aliphatic carbocycles. The standard InChI is InChI=1S/C16H14N2O2/c1-18-15(11-7-9-12(20-2)10-8-11)17-14-6-4-3-5-13(14)16(18)19/h3-10H,1-2H3. The van der Waals surface area contributed by atoms with E-state index < -0.39 is 0 Å². The van der Waals surface area contributed by atoms with Gasteiger partial charge in [-0.1, -0.05) is 12.1 Å². The van der Waals surface area contributed by atoms with Gasteiger partial charge < -0.3 is 4.74 Å². The maximum absolute atomic E-state index is 12.3. The fraction of sp³-hybridized carbons (Fsp3) is 0.125. The molecule has 3 aromatic rings. The molecule has 20 heavy (non-hydrogen) atoms. The maximum Gasteiger partial charge on any atom is 0.261 e. The summed E-state index contributed by atoms with van der Waals surface area (Å²) in [6.07, 6.45) is 0. The van der Waals surface area contributed by atoms with E-state index in [9.17, 15) is 4.79 Å². The molecule has 0 saturated heterocycles. The predicted octanol–water partition coefficient (Wildman–Crippen LogP) is 2.61. The van der Waals surface area contributed by atoms with Crippen molar-refractivity contribution in [3.05, 3.63) is 58.9 Å². The normalized spacial score (nSPS) is 10.7. The van der Waals surface area contributed by atoms with E-state index in [1.807, 2.05) is 42.5 Å². The Kier molecular flexibility index (Phi) is 2.99. The lowest BCUT2D eigenvalue weighted by atomic mass is 10.1. The van der Waals surface area contributed by atoms with Gasteiger partial charge in [0, 0.05) is 12.6 Å². The van der Waals surface area contributed by atoms with Crippen molar-refractivity contribution in [3.63, 3.8) is 0 Å². The molecule has 4 heteroatoms. The van der Waals surface area contributed by atoms with Crippen LogP contribution in [0.2, 0.25) is 0 Å². The Hall–Kier alpha value is -2.62. The molecule has 0 bridgehead atoms. The zero-order valence-electron chi connectivity index (χ0n) is 11.3. The topological polar surface area (TPSA) is 44.1 Å². The smallest absolute Gasteiger partial charge is 0.261 e. The zero-order chi connectivity index (χ0) is 14.1. The number of aromatic nitrogens is 2. The minimum atomic E-state index is -0.0404. The van der Waals surface area contributed by atoms with Crippen molar-refractivity contribution in [2.75, 3.05) is 7.11 Å². The number of hydrogen-bond donors (Lipinski definition) is 0. The number of benzene rings is 2. The van der Waals surface area contributed by atoms with Crippen molar-refractivity contribution in [1.82, 2.24) is 9.55 Å². The Morgan fingerprint density at radius 2 is 1.75 bits per heavy atom. The van der Waals surface area contributed by atoms with Crippen LogP contribution >= 0.6 is 0 Å². The molecule has 0 N–H and O–H groups in total. The van der Waals surface area contributed by atoms with Crippen molar-refractivity contribution < 1.29 is 4.74 Å². The number of para-hydroxylation sites is 1. The van der Waals surface area contributed by atoms with Crippen LogP contribution in [0.3, 0.4) is 0 Å². The second kappa shape index (κ2) is 4.81. The van der Waals surface area contributed by atoms with E-state index in [1.54, 1.807) is 24.8 Å². The van der Waals surface area contributed by atoms with Gasteiger partial charge in [0.25, 0.3) is 5.56 Å². The molecular formula is C16H14N2O2. The Morgan fingerprint density at radius 1 is 1.05 bits per heavy atom. The lowest BCUT2D eigenvalue weighted by molar-refractivity contribution is 0.415. The van der Waals surface area contributed by atoms with Crippen LogP contribution in [0.25, 0.3) is 22.3 Å². The summed E-state index contributed by atoms with van der Waals surface area (Å²) in [6, 6.07) is 14.9. The van der Waals surface area contributed by atoms with E-state index in [2.05, 4.69) is 4.98 Å². The van der Waals surface area contributed by atoms with Crippen LogP contribution in [0.5, 0.6) is 5.75 Å². The number of nitrogens with zero attached hydrogens (tertiary/aromatic N) is 2. The molecule has 0 saturated carbocycles. The second-order valence-electron chi connectivity index (χ2n) is 4.55. The number of ether oxygens (including phenoxy) is 1. The quantitative estimate of drug-likeness (QED) is 0.716. The van der Waals surface area contributed by atoms with Gasteiger partial charge in [-0.2, -0.15) is 0 Å². The molecule has 100 valence electrons. The van der Waals surface area contributed by atoms with Crippen LogP contribution in [-0.4, -0.2) is 16.7 Å². The summed E-state index contributed by atoms with van der Waals surface area (Å²) in [7, 11) is 3.36. The lowest BCUT2D eigenvalue weighted by Gasteiger charge is -2.09. The van der Waals surface area contributed by atoms with Gasteiger partial charge in [-0.3, -0.25) is 9.36 Å².